The molecule has 3 rings (SSSR count). The van der Waals surface area contributed by atoms with Crippen molar-refractivity contribution in [3.05, 3.63) is 84.6 Å². The fourth-order valence-corrected chi connectivity index (χ4v) is 2.58. The number of hydrogen-bond acceptors (Lipinski definition) is 3. The van der Waals surface area contributed by atoms with E-state index in [4.69, 9.17) is 4.74 Å². The minimum Gasteiger partial charge on any atom is -0.490 e. The van der Waals surface area contributed by atoms with Gasteiger partial charge in [0.1, 0.15) is 12.4 Å². The van der Waals surface area contributed by atoms with Crippen LogP contribution in [-0.2, 0) is 0 Å². The van der Waals surface area contributed by atoms with E-state index in [2.05, 4.69) is 54.3 Å². The van der Waals surface area contributed by atoms with E-state index in [1.165, 1.54) is 5.56 Å². The first-order valence-corrected chi connectivity index (χ1v) is 7.41. The lowest BCUT2D eigenvalue weighted by atomic mass is 10.1. The van der Waals surface area contributed by atoms with Crippen LogP contribution in [0.1, 0.15) is 18.5 Å². The molecular formula is C19H20N2O. The van der Waals surface area contributed by atoms with Gasteiger partial charge in [0.15, 0.2) is 0 Å². The fraction of sp³-hybridized carbons (Fsp3) is 0.158. The molecule has 3 heteroatoms. The maximum absolute atomic E-state index is 5.54. The summed E-state index contributed by atoms with van der Waals surface area (Å²) in [5, 5.41) is 2.18. The summed E-state index contributed by atoms with van der Waals surface area (Å²) in [4.78, 5) is 0. The lowest BCUT2D eigenvalue weighted by Crippen LogP contribution is -2.33. The van der Waals surface area contributed by atoms with Crippen LogP contribution in [0.2, 0.25) is 0 Å². The van der Waals surface area contributed by atoms with E-state index in [0.29, 0.717) is 6.61 Å². The molecule has 0 aromatic heterocycles. The third-order valence-electron chi connectivity index (χ3n) is 3.61. The number of hydrogen-bond donors (Lipinski definition) is 1. The number of nitrogens with one attached hydrogen (secondary N) is 1. The molecule has 0 amide bonds. The molecule has 0 saturated carbocycles. The largest absolute Gasteiger partial charge is 0.490 e. The van der Waals surface area contributed by atoms with Crippen LogP contribution in [-0.4, -0.2) is 6.61 Å². The van der Waals surface area contributed by atoms with Gasteiger partial charge in [0, 0.05) is 5.70 Å². The van der Waals surface area contributed by atoms with Crippen LogP contribution >= 0.6 is 0 Å². The van der Waals surface area contributed by atoms with E-state index < -0.39 is 0 Å². The van der Waals surface area contributed by atoms with Gasteiger partial charge in [-0.15, -0.1) is 0 Å². The van der Waals surface area contributed by atoms with Gasteiger partial charge in [-0.25, -0.2) is 0 Å². The van der Waals surface area contributed by atoms with Crippen molar-refractivity contribution >= 4 is 5.69 Å². The molecule has 112 valence electrons. The number of allylic oxidation sites excluding steroid dienone is 1. The average Bonchev–Trinajstić information content (AvgIpc) is 2.96. The maximum Gasteiger partial charge on any atom is 0.119 e. The SMILES string of the molecule is C=CCOc1ccc([C@@H]2C=C(C)NN2c2ccccc2)cc1. The molecule has 3 nitrogen and oxygen atoms in total. The van der Waals surface area contributed by atoms with Crippen molar-refractivity contribution in [2.24, 2.45) is 0 Å². The molecule has 0 bridgehead atoms. The lowest BCUT2D eigenvalue weighted by Gasteiger charge is -2.27. The molecule has 0 radical (unpaired) electrons. The third kappa shape index (κ3) is 2.98. The number of para-hydroxylation sites is 1. The molecule has 1 atom stereocenters. The Labute approximate surface area is 131 Å². The summed E-state index contributed by atoms with van der Waals surface area (Å²) in [6, 6.07) is 18.7. The number of rotatable bonds is 5. The quantitative estimate of drug-likeness (QED) is 0.835. The van der Waals surface area contributed by atoms with Gasteiger partial charge in [0.25, 0.3) is 0 Å². The smallest absolute Gasteiger partial charge is 0.119 e. The number of ether oxygens (including phenoxy) is 1. The Bertz CT molecular complexity index is 662. The fourth-order valence-electron chi connectivity index (χ4n) is 2.58. The predicted octanol–water partition coefficient (Wildman–Crippen LogP) is 4.22. The van der Waals surface area contributed by atoms with Crippen molar-refractivity contribution < 1.29 is 4.74 Å². The summed E-state index contributed by atoms with van der Waals surface area (Å²) < 4.78 is 5.54. The number of hydrazine groups is 1. The van der Waals surface area contributed by atoms with Crippen LogP contribution in [0.3, 0.4) is 0 Å². The minimum absolute atomic E-state index is 0.177. The van der Waals surface area contributed by atoms with Crippen molar-refractivity contribution in [1.29, 1.82) is 0 Å². The van der Waals surface area contributed by atoms with Gasteiger partial charge in [-0.2, -0.15) is 0 Å². The Morgan fingerprint density at radius 2 is 1.86 bits per heavy atom. The van der Waals surface area contributed by atoms with Crippen molar-refractivity contribution in [1.82, 2.24) is 5.43 Å². The average molecular weight is 292 g/mol. The van der Waals surface area contributed by atoms with Gasteiger partial charge in [-0.1, -0.05) is 43.0 Å². The van der Waals surface area contributed by atoms with Gasteiger partial charge < -0.3 is 10.2 Å². The molecular weight excluding hydrogens is 272 g/mol. The van der Waals surface area contributed by atoms with Gasteiger partial charge in [-0.3, -0.25) is 5.01 Å². The zero-order chi connectivity index (χ0) is 15.4. The minimum atomic E-state index is 0.177. The van der Waals surface area contributed by atoms with Crippen molar-refractivity contribution in [2.45, 2.75) is 13.0 Å². The van der Waals surface area contributed by atoms with Gasteiger partial charge in [0.05, 0.1) is 11.7 Å². The standard InChI is InChI=1S/C19H20N2O/c1-3-13-22-18-11-9-16(10-12-18)19-14-15(2)20-21(19)17-7-5-4-6-8-17/h3-12,14,19-20H,1,13H2,2H3/t19-/m0/s1. The molecule has 22 heavy (non-hydrogen) atoms. The molecule has 0 spiro atoms. The highest BCUT2D eigenvalue weighted by Crippen LogP contribution is 2.32. The molecule has 2 aromatic rings. The highest BCUT2D eigenvalue weighted by Gasteiger charge is 2.24. The zero-order valence-corrected chi connectivity index (χ0v) is 12.7. The summed E-state index contributed by atoms with van der Waals surface area (Å²) >= 11 is 0. The second kappa shape index (κ2) is 6.39. The molecule has 1 aliphatic heterocycles. The first kappa shape index (κ1) is 14.3. The van der Waals surface area contributed by atoms with Crippen LogP contribution in [0.25, 0.3) is 0 Å². The molecule has 0 aliphatic carbocycles. The van der Waals surface area contributed by atoms with Crippen LogP contribution in [0.5, 0.6) is 5.75 Å². The highest BCUT2D eigenvalue weighted by molar-refractivity contribution is 5.52. The Morgan fingerprint density at radius 1 is 1.14 bits per heavy atom. The van der Waals surface area contributed by atoms with E-state index in [1.54, 1.807) is 6.08 Å². The van der Waals surface area contributed by atoms with Gasteiger partial charge in [0.2, 0.25) is 0 Å². The van der Waals surface area contributed by atoms with E-state index in [1.807, 2.05) is 30.3 Å². The van der Waals surface area contributed by atoms with Crippen molar-refractivity contribution in [3.8, 4) is 5.75 Å². The summed E-state index contributed by atoms with van der Waals surface area (Å²) in [5.41, 5.74) is 6.94. The highest BCUT2D eigenvalue weighted by atomic mass is 16.5. The maximum atomic E-state index is 5.54. The van der Waals surface area contributed by atoms with E-state index >= 15 is 0 Å². The number of nitrogens with zero attached hydrogens (tertiary/aromatic N) is 1. The summed E-state index contributed by atoms with van der Waals surface area (Å²) in [6.45, 7) is 6.27. The Hall–Kier alpha value is -2.68. The molecule has 0 saturated heterocycles. The lowest BCUT2D eigenvalue weighted by molar-refractivity contribution is 0.363. The molecule has 2 aromatic carbocycles. The van der Waals surface area contributed by atoms with Crippen LogP contribution in [0.15, 0.2) is 79.0 Å². The first-order valence-electron chi connectivity index (χ1n) is 7.41. The normalized spacial score (nSPS) is 16.9. The van der Waals surface area contributed by atoms with Crippen molar-refractivity contribution in [3.63, 3.8) is 0 Å². The van der Waals surface area contributed by atoms with Gasteiger partial charge in [-0.05, 0) is 42.8 Å². The molecule has 1 aliphatic rings. The van der Waals surface area contributed by atoms with Crippen LogP contribution < -0.4 is 15.2 Å². The Balaban J connectivity index is 1.83. The zero-order valence-electron chi connectivity index (χ0n) is 12.7. The topological polar surface area (TPSA) is 24.5 Å². The van der Waals surface area contributed by atoms with E-state index in [0.717, 1.165) is 17.1 Å². The first-order chi connectivity index (χ1) is 10.8. The summed E-state index contributed by atoms with van der Waals surface area (Å²) in [5.74, 6) is 0.863. The number of anilines is 1. The van der Waals surface area contributed by atoms with Crippen LogP contribution in [0.4, 0.5) is 5.69 Å². The van der Waals surface area contributed by atoms with Crippen molar-refractivity contribution in [2.75, 3.05) is 11.6 Å². The third-order valence-corrected chi connectivity index (χ3v) is 3.61. The van der Waals surface area contributed by atoms with E-state index in [-0.39, 0.29) is 6.04 Å². The van der Waals surface area contributed by atoms with Crippen LogP contribution in [0, 0.1) is 0 Å². The molecule has 1 N–H and O–H groups in total. The number of benzene rings is 2. The summed E-state index contributed by atoms with van der Waals surface area (Å²) in [7, 11) is 0. The summed E-state index contributed by atoms with van der Waals surface area (Å²) in [6.07, 6.45) is 3.98. The second-order valence-electron chi connectivity index (χ2n) is 5.28. The monoisotopic (exact) mass is 292 g/mol. The molecule has 1 heterocycles. The Morgan fingerprint density at radius 3 is 2.55 bits per heavy atom. The van der Waals surface area contributed by atoms with E-state index in [9.17, 15) is 0 Å². The predicted molar refractivity (Wildman–Crippen MR) is 90.7 cm³/mol. The van der Waals surface area contributed by atoms with Gasteiger partial charge >= 0.3 is 0 Å². The Kier molecular flexibility index (Phi) is 4.15. The second-order valence-corrected chi connectivity index (χ2v) is 5.28. The molecule has 0 unspecified atom stereocenters. The molecule has 0 fully saturated rings.